The van der Waals surface area contributed by atoms with E-state index < -0.39 is 0 Å². The van der Waals surface area contributed by atoms with Crippen LogP contribution in [0.25, 0.3) is 0 Å². The number of nitrogens with one attached hydrogen (secondary N) is 1. The first-order chi connectivity index (χ1) is 8.50. The van der Waals surface area contributed by atoms with Crippen LogP contribution < -0.4 is 16.6 Å². The van der Waals surface area contributed by atoms with E-state index in [9.17, 15) is 9.59 Å². The van der Waals surface area contributed by atoms with E-state index in [0.29, 0.717) is 17.4 Å². The van der Waals surface area contributed by atoms with Crippen molar-refractivity contribution in [2.45, 2.75) is 6.54 Å². The van der Waals surface area contributed by atoms with Crippen LogP contribution in [0.4, 0.5) is 5.82 Å². The van der Waals surface area contributed by atoms with Crippen LogP contribution in [0.5, 0.6) is 0 Å². The lowest BCUT2D eigenvalue weighted by atomic mass is 10.3. The average Bonchev–Trinajstić information content (AvgIpc) is 2.75. The molecule has 0 saturated heterocycles. The van der Waals surface area contributed by atoms with Crippen LogP contribution in [0, 0.1) is 0 Å². The van der Waals surface area contributed by atoms with E-state index in [4.69, 9.17) is 11.6 Å². The van der Waals surface area contributed by atoms with Crippen LogP contribution in [-0.2, 0) is 20.6 Å². The van der Waals surface area contributed by atoms with Gasteiger partial charge in [-0.3, -0.25) is 13.9 Å². The number of hydrogen-bond donors (Lipinski definition) is 1. The molecule has 0 spiro atoms. The first-order valence-corrected chi connectivity index (χ1v) is 6.54. The van der Waals surface area contributed by atoms with Crippen LogP contribution in [0.2, 0.25) is 5.02 Å². The van der Waals surface area contributed by atoms with Crippen LogP contribution >= 0.6 is 22.9 Å². The van der Waals surface area contributed by atoms with Crippen molar-refractivity contribution >= 4 is 28.8 Å². The van der Waals surface area contributed by atoms with Gasteiger partial charge in [-0.05, 0) is 5.38 Å². The largest absolute Gasteiger partial charge is 0.367 e. The summed E-state index contributed by atoms with van der Waals surface area (Å²) in [7, 11) is 3.06. The van der Waals surface area contributed by atoms with Gasteiger partial charge in [-0.15, -0.1) is 0 Å². The summed E-state index contributed by atoms with van der Waals surface area (Å²) >= 11 is 7.48. The summed E-state index contributed by atoms with van der Waals surface area (Å²) in [6, 6.07) is 1.39. The van der Waals surface area contributed by atoms with Crippen LogP contribution in [-0.4, -0.2) is 9.13 Å². The fourth-order valence-electron chi connectivity index (χ4n) is 1.52. The van der Waals surface area contributed by atoms with Crippen molar-refractivity contribution in [3.63, 3.8) is 0 Å². The molecule has 1 N–H and O–H groups in total. The normalized spacial score (nSPS) is 10.6. The molecule has 0 aromatic carbocycles. The molecule has 2 aromatic rings. The molecule has 96 valence electrons. The minimum atomic E-state index is -0.360. The van der Waals surface area contributed by atoms with Gasteiger partial charge in [0.15, 0.2) is 0 Å². The molecule has 0 unspecified atom stereocenters. The predicted molar refractivity (Wildman–Crippen MR) is 73.6 cm³/mol. The van der Waals surface area contributed by atoms with E-state index in [1.807, 2.05) is 10.8 Å². The van der Waals surface area contributed by atoms with Crippen LogP contribution in [0.1, 0.15) is 5.56 Å². The summed E-state index contributed by atoms with van der Waals surface area (Å²) in [4.78, 5) is 23.2. The van der Waals surface area contributed by atoms with E-state index >= 15 is 0 Å². The second-order valence-corrected chi connectivity index (χ2v) is 5.02. The van der Waals surface area contributed by atoms with Gasteiger partial charge >= 0.3 is 5.69 Å². The second-order valence-electron chi connectivity index (χ2n) is 3.87. The van der Waals surface area contributed by atoms with Crippen molar-refractivity contribution in [3.8, 4) is 0 Å². The highest BCUT2D eigenvalue weighted by Crippen LogP contribution is 2.21. The summed E-state index contributed by atoms with van der Waals surface area (Å²) in [6.07, 6.45) is 0. The van der Waals surface area contributed by atoms with Gasteiger partial charge in [0, 0.05) is 37.6 Å². The lowest BCUT2D eigenvalue weighted by Crippen LogP contribution is -2.37. The number of hydrogen-bond acceptors (Lipinski definition) is 4. The Labute approximate surface area is 112 Å². The number of nitrogens with zero attached hydrogens (tertiary/aromatic N) is 2. The topological polar surface area (TPSA) is 56.0 Å². The molecular formula is C11H12ClN3O2S. The fourth-order valence-corrected chi connectivity index (χ4v) is 2.58. The molecule has 18 heavy (non-hydrogen) atoms. The maximum atomic E-state index is 11.7. The average molecular weight is 286 g/mol. The number of aromatic nitrogens is 2. The Morgan fingerprint density at radius 3 is 2.61 bits per heavy atom. The van der Waals surface area contributed by atoms with Crippen molar-refractivity contribution in [2.75, 3.05) is 5.32 Å². The van der Waals surface area contributed by atoms with Gasteiger partial charge in [0.05, 0.1) is 5.02 Å². The lowest BCUT2D eigenvalue weighted by molar-refractivity contribution is 0.689. The Bertz CT molecular complexity index is 686. The zero-order chi connectivity index (χ0) is 13.3. The quantitative estimate of drug-likeness (QED) is 0.928. The Morgan fingerprint density at radius 2 is 2.00 bits per heavy atom. The Balaban J connectivity index is 2.28. The molecule has 5 nitrogen and oxygen atoms in total. The third-order valence-corrected chi connectivity index (χ3v) is 3.95. The molecular weight excluding hydrogens is 274 g/mol. The molecule has 0 amide bonds. The minimum absolute atomic E-state index is 0.336. The van der Waals surface area contributed by atoms with Gasteiger partial charge < -0.3 is 5.32 Å². The summed E-state index contributed by atoms with van der Waals surface area (Å²) < 4.78 is 2.45. The smallest absolute Gasteiger partial charge is 0.332 e. The van der Waals surface area contributed by atoms with Crippen molar-refractivity contribution < 1.29 is 0 Å². The van der Waals surface area contributed by atoms with E-state index in [1.165, 1.54) is 29.0 Å². The first kappa shape index (κ1) is 12.9. The number of thiophene rings is 1. The highest BCUT2D eigenvalue weighted by Gasteiger charge is 2.06. The molecule has 0 atom stereocenters. The van der Waals surface area contributed by atoms with E-state index in [0.717, 1.165) is 10.1 Å². The van der Waals surface area contributed by atoms with Crippen molar-refractivity contribution in [2.24, 2.45) is 14.1 Å². The minimum Gasteiger partial charge on any atom is -0.367 e. The Hall–Kier alpha value is -1.53. The summed E-state index contributed by atoms with van der Waals surface area (Å²) in [6.45, 7) is 0.475. The lowest BCUT2D eigenvalue weighted by Gasteiger charge is -2.11. The fraction of sp³-hybridized carbons (Fsp3) is 0.273. The van der Waals surface area contributed by atoms with Gasteiger partial charge in [-0.1, -0.05) is 11.6 Å². The zero-order valence-corrected chi connectivity index (χ0v) is 11.5. The van der Waals surface area contributed by atoms with Gasteiger partial charge in [-0.25, -0.2) is 4.79 Å². The molecule has 0 aliphatic carbocycles. The number of halogens is 1. The highest BCUT2D eigenvalue weighted by atomic mass is 35.5. The molecule has 0 fully saturated rings. The van der Waals surface area contributed by atoms with E-state index in [1.54, 1.807) is 7.05 Å². The van der Waals surface area contributed by atoms with Gasteiger partial charge in [0.2, 0.25) is 0 Å². The second kappa shape index (κ2) is 4.99. The Kier molecular flexibility index (Phi) is 3.58. The van der Waals surface area contributed by atoms with E-state index in [2.05, 4.69) is 5.32 Å². The van der Waals surface area contributed by atoms with Gasteiger partial charge in [-0.2, -0.15) is 11.3 Å². The standard InChI is InChI=1S/C11H12ClN3O2S/c1-14-9(3-10(16)15(2)11(14)17)13-4-7-5-18-6-8(7)12/h3,5-6,13H,4H2,1-2H3. The number of rotatable bonds is 3. The first-order valence-electron chi connectivity index (χ1n) is 5.22. The summed E-state index contributed by atoms with van der Waals surface area (Å²) in [5, 5.41) is 7.48. The third-order valence-electron chi connectivity index (χ3n) is 2.67. The molecule has 0 aliphatic rings. The maximum absolute atomic E-state index is 11.7. The highest BCUT2D eigenvalue weighted by molar-refractivity contribution is 7.08. The molecule has 7 heteroatoms. The monoisotopic (exact) mass is 285 g/mol. The third kappa shape index (κ3) is 2.34. The molecule has 0 bridgehead atoms. The SMILES string of the molecule is Cn1c(NCc2cscc2Cl)cc(=O)n(C)c1=O. The number of anilines is 1. The maximum Gasteiger partial charge on any atom is 0.332 e. The molecule has 2 aromatic heterocycles. The summed E-state index contributed by atoms with van der Waals surface area (Å²) in [5.41, 5.74) is 0.244. The van der Waals surface area contributed by atoms with Crippen molar-refractivity contribution in [1.29, 1.82) is 0 Å². The van der Waals surface area contributed by atoms with Crippen LogP contribution in [0.15, 0.2) is 26.4 Å². The zero-order valence-electron chi connectivity index (χ0n) is 9.94. The van der Waals surface area contributed by atoms with Crippen molar-refractivity contribution in [3.05, 3.63) is 48.3 Å². The molecule has 0 saturated carbocycles. The van der Waals surface area contributed by atoms with Crippen LogP contribution in [0.3, 0.4) is 0 Å². The summed E-state index contributed by atoms with van der Waals surface area (Å²) in [5.74, 6) is 0.477. The van der Waals surface area contributed by atoms with Gasteiger partial charge in [0.1, 0.15) is 5.82 Å². The Morgan fingerprint density at radius 1 is 1.28 bits per heavy atom. The molecule has 0 aliphatic heterocycles. The van der Waals surface area contributed by atoms with Gasteiger partial charge in [0.25, 0.3) is 5.56 Å². The predicted octanol–water partition coefficient (Wildman–Crippen LogP) is 1.41. The molecule has 2 rings (SSSR count). The molecule has 2 heterocycles. The van der Waals surface area contributed by atoms with E-state index in [-0.39, 0.29) is 11.2 Å². The molecule has 0 radical (unpaired) electrons. The van der Waals surface area contributed by atoms with Crippen molar-refractivity contribution in [1.82, 2.24) is 9.13 Å².